The van der Waals surface area contributed by atoms with Gasteiger partial charge in [0.1, 0.15) is 5.75 Å². The maximum atomic E-state index is 9.16. The largest absolute Gasteiger partial charge is 0.508 e. The highest BCUT2D eigenvalue weighted by molar-refractivity contribution is 6.31. The number of hydrogen-bond donors (Lipinski definition) is 1. The molecule has 0 heterocycles. The number of halogens is 1. The topological polar surface area (TPSA) is 20.2 Å². The monoisotopic (exact) mass is 232 g/mol. The lowest BCUT2D eigenvalue weighted by Crippen LogP contribution is -1.91. The van der Waals surface area contributed by atoms with Crippen LogP contribution in [0.5, 0.6) is 5.75 Å². The van der Waals surface area contributed by atoms with Crippen LogP contribution >= 0.6 is 11.6 Å². The first kappa shape index (κ1) is 11.0. The van der Waals surface area contributed by atoms with E-state index in [2.05, 4.69) is 0 Å². The van der Waals surface area contributed by atoms with Crippen molar-refractivity contribution in [3.05, 3.63) is 64.7 Å². The number of phenols is 1. The second-order valence-corrected chi connectivity index (χ2v) is 4.17. The van der Waals surface area contributed by atoms with Crippen molar-refractivity contribution in [2.45, 2.75) is 12.8 Å². The van der Waals surface area contributed by atoms with Gasteiger partial charge in [-0.05, 0) is 42.2 Å². The first-order valence-electron chi connectivity index (χ1n) is 5.27. The minimum Gasteiger partial charge on any atom is -0.508 e. The van der Waals surface area contributed by atoms with E-state index in [1.807, 2.05) is 36.4 Å². The van der Waals surface area contributed by atoms with Gasteiger partial charge in [0, 0.05) is 5.02 Å². The zero-order valence-electron chi connectivity index (χ0n) is 8.86. The molecule has 1 N–H and O–H groups in total. The normalized spacial score (nSPS) is 10.3. The van der Waals surface area contributed by atoms with Crippen LogP contribution in [-0.2, 0) is 12.8 Å². The molecule has 2 aromatic rings. The van der Waals surface area contributed by atoms with Crippen LogP contribution in [0.2, 0.25) is 5.02 Å². The van der Waals surface area contributed by atoms with Gasteiger partial charge in [-0.25, -0.2) is 0 Å². The molecule has 0 spiro atoms. The summed E-state index contributed by atoms with van der Waals surface area (Å²) in [7, 11) is 0. The molecular weight excluding hydrogens is 220 g/mol. The Bertz CT molecular complexity index is 462. The first-order valence-corrected chi connectivity index (χ1v) is 5.65. The number of hydrogen-bond acceptors (Lipinski definition) is 1. The molecule has 0 saturated carbocycles. The zero-order chi connectivity index (χ0) is 11.4. The van der Waals surface area contributed by atoms with Crippen molar-refractivity contribution in [3.8, 4) is 5.75 Å². The Morgan fingerprint density at radius 3 is 2.25 bits per heavy atom. The van der Waals surface area contributed by atoms with Gasteiger partial charge >= 0.3 is 0 Å². The highest BCUT2D eigenvalue weighted by Crippen LogP contribution is 2.18. The predicted molar refractivity (Wildman–Crippen MR) is 67.0 cm³/mol. The number of benzene rings is 2. The summed E-state index contributed by atoms with van der Waals surface area (Å²) in [6.45, 7) is 0. The van der Waals surface area contributed by atoms with Crippen molar-refractivity contribution in [2.75, 3.05) is 0 Å². The van der Waals surface area contributed by atoms with Crippen LogP contribution in [-0.4, -0.2) is 5.11 Å². The molecule has 1 nitrogen and oxygen atoms in total. The second kappa shape index (κ2) is 5.04. The van der Waals surface area contributed by atoms with Crippen molar-refractivity contribution in [3.63, 3.8) is 0 Å². The summed E-state index contributed by atoms with van der Waals surface area (Å²) in [6.07, 6.45) is 1.86. The fraction of sp³-hybridized carbons (Fsp3) is 0.143. The average molecular weight is 233 g/mol. The van der Waals surface area contributed by atoms with E-state index in [-0.39, 0.29) is 0 Å². The maximum Gasteiger partial charge on any atom is 0.115 e. The molecule has 0 atom stereocenters. The molecule has 0 aliphatic heterocycles. The maximum absolute atomic E-state index is 9.16. The SMILES string of the molecule is Oc1ccc(CCc2ccccc2Cl)cc1. The zero-order valence-corrected chi connectivity index (χ0v) is 9.61. The minimum absolute atomic E-state index is 0.307. The summed E-state index contributed by atoms with van der Waals surface area (Å²) in [5.74, 6) is 0.307. The molecule has 0 aromatic heterocycles. The predicted octanol–water partition coefficient (Wildman–Crippen LogP) is 3.83. The third kappa shape index (κ3) is 2.77. The molecular formula is C14H13ClO. The van der Waals surface area contributed by atoms with E-state index in [0.717, 1.165) is 23.4 Å². The summed E-state index contributed by atoms with van der Waals surface area (Å²) < 4.78 is 0. The van der Waals surface area contributed by atoms with Gasteiger partial charge in [-0.2, -0.15) is 0 Å². The van der Waals surface area contributed by atoms with Gasteiger partial charge in [-0.15, -0.1) is 0 Å². The van der Waals surface area contributed by atoms with Crippen LogP contribution in [0.3, 0.4) is 0 Å². The molecule has 0 unspecified atom stereocenters. The van der Waals surface area contributed by atoms with E-state index < -0.39 is 0 Å². The van der Waals surface area contributed by atoms with Gasteiger partial charge in [0.15, 0.2) is 0 Å². The second-order valence-electron chi connectivity index (χ2n) is 3.76. The van der Waals surface area contributed by atoms with Crippen molar-refractivity contribution in [1.82, 2.24) is 0 Å². The lowest BCUT2D eigenvalue weighted by Gasteiger charge is -2.04. The molecule has 0 saturated heterocycles. The third-order valence-corrected chi connectivity index (χ3v) is 2.95. The van der Waals surface area contributed by atoms with Crippen LogP contribution in [0.15, 0.2) is 48.5 Å². The summed E-state index contributed by atoms with van der Waals surface area (Å²) in [5, 5.41) is 9.99. The molecule has 2 heteroatoms. The van der Waals surface area contributed by atoms with Crippen molar-refractivity contribution in [1.29, 1.82) is 0 Å². The highest BCUT2D eigenvalue weighted by Gasteiger charge is 1.99. The van der Waals surface area contributed by atoms with E-state index in [1.165, 1.54) is 5.56 Å². The Kier molecular flexibility index (Phi) is 3.47. The van der Waals surface area contributed by atoms with Gasteiger partial charge in [-0.1, -0.05) is 41.9 Å². The molecule has 0 amide bonds. The van der Waals surface area contributed by atoms with Crippen molar-refractivity contribution < 1.29 is 5.11 Å². The smallest absolute Gasteiger partial charge is 0.115 e. The van der Waals surface area contributed by atoms with E-state index in [4.69, 9.17) is 16.7 Å². The summed E-state index contributed by atoms with van der Waals surface area (Å²) >= 11 is 6.08. The molecule has 2 rings (SSSR count). The highest BCUT2D eigenvalue weighted by atomic mass is 35.5. The lowest BCUT2D eigenvalue weighted by atomic mass is 10.0. The van der Waals surface area contributed by atoms with Crippen LogP contribution in [0.4, 0.5) is 0 Å². The Balaban J connectivity index is 2.02. The van der Waals surface area contributed by atoms with Crippen molar-refractivity contribution >= 4 is 11.6 Å². The van der Waals surface area contributed by atoms with Crippen molar-refractivity contribution in [2.24, 2.45) is 0 Å². The summed E-state index contributed by atoms with van der Waals surface area (Å²) in [4.78, 5) is 0. The molecule has 0 aliphatic carbocycles. The van der Waals surface area contributed by atoms with Crippen LogP contribution < -0.4 is 0 Å². The standard InChI is InChI=1S/C14H13ClO/c15-14-4-2-1-3-12(14)8-5-11-6-9-13(16)10-7-11/h1-4,6-7,9-10,16H,5,8H2. The van der Waals surface area contributed by atoms with E-state index in [1.54, 1.807) is 12.1 Å². The summed E-state index contributed by atoms with van der Waals surface area (Å²) in [5.41, 5.74) is 2.37. The van der Waals surface area contributed by atoms with Gasteiger partial charge in [0.05, 0.1) is 0 Å². The molecule has 0 fully saturated rings. The number of phenolic OH excluding ortho intramolecular Hbond substituents is 1. The summed E-state index contributed by atoms with van der Waals surface area (Å²) in [6, 6.07) is 15.2. The Morgan fingerprint density at radius 1 is 0.875 bits per heavy atom. The number of aromatic hydroxyl groups is 1. The Hall–Kier alpha value is -1.47. The number of aryl methyl sites for hydroxylation is 2. The van der Waals surface area contributed by atoms with Gasteiger partial charge in [-0.3, -0.25) is 0 Å². The lowest BCUT2D eigenvalue weighted by molar-refractivity contribution is 0.475. The Morgan fingerprint density at radius 2 is 1.56 bits per heavy atom. The molecule has 0 radical (unpaired) electrons. The van der Waals surface area contributed by atoms with Gasteiger partial charge < -0.3 is 5.11 Å². The van der Waals surface area contributed by atoms with Gasteiger partial charge in [0.25, 0.3) is 0 Å². The Labute approximate surface area is 100 Å². The average Bonchev–Trinajstić information content (AvgIpc) is 2.30. The first-order chi connectivity index (χ1) is 7.75. The van der Waals surface area contributed by atoms with Crippen LogP contribution in [0.25, 0.3) is 0 Å². The van der Waals surface area contributed by atoms with E-state index in [0.29, 0.717) is 5.75 Å². The number of rotatable bonds is 3. The van der Waals surface area contributed by atoms with Crippen LogP contribution in [0.1, 0.15) is 11.1 Å². The quantitative estimate of drug-likeness (QED) is 0.853. The molecule has 16 heavy (non-hydrogen) atoms. The third-order valence-electron chi connectivity index (χ3n) is 2.58. The minimum atomic E-state index is 0.307. The van der Waals surface area contributed by atoms with E-state index in [9.17, 15) is 0 Å². The van der Waals surface area contributed by atoms with Crippen LogP contribution in [0, 0.1) is 0 Å². The molecule has 82 valence electrons. The fourth-order valence-electron chi connectivity index (χ4n) is 1.64. The van der Waals surface area contributed by atoms with E-state index >= 15 is 0 Å². The molecule has 2 aromatic carbocycles. The molecule has 0 bridgehead atoms. The van der Waals surface area contributed by atoms with Gasteiger partial charge in [0.2, 0.25) is 0 Å². The molecule has 0 aliphatic rings. The fourth-order valence-corrected chi connectivity index (χ4v) is 1.87.